The first-order valence-corrected chi connectivity index (χ1v) is 5.73. The Hall–Kier alpha value is -1.84. The predicted molar refractivity (Wildman–Crippen MR) is 69.3 cm³/mol. The van der Waals surface area contributed by atoms with Crippen LogP contribution in [0, 0.1) is 0 Å². The monoisotopic (exact) mass is 262 g/mol. The second-order valence-corrected chi connectivity index (χ2v) is 4.08. The van der Waals surface area contributed by atoms with E-state index in [1.54, 1.807) is 24.3 Å². The first kappa shape index (κ1) is 12.6. The lowest BCUT2D eigenvalue weighted by Gasteiger charge is -2.10. The molecule has 3 nitrogen and oxygen atoms in total. The fourth-order valence-electron chi connectivity index (χ4n) is 1.53. The number of hydrogen-bond donors (Lipinski definition) is 1. The third-order valence-corrected chi connectivity index (χ3v) is 2.75. The molecule has 0 bridgehead atoms. The first-order valence-electron chi connectivity index (χ1n) is 5.36. The quantitative estimate of drug-likeness (QED) is 0.859. The van der Waals surface area contributed by atoms with Crippen LogP contribution in [0.1, 0.15) is 15.9 Å². The number of aliphatic hydroxyl groups is 1. The molecule has 0 heterocycles. The molecular weight excluding hydrogens is 252 g/mol. The van der Waals surface area contributed by atoms with E-state index in [1.165, 1.54) is 6.07 Å². The van der Waals surface area contributed by atoms with Crippen LogP contribution in [0.4, 0.5) is 0 Å². The summed E-state index contributed by atoms with van der Waals surface area (Å²) in [6.07, 6.45) is 0.720. The molecule has 4 heteroatoms. The molecule has 0 atom stereocenters. The Kier molecular flexibility index (Phi) is 3.97. The molecule has 0 aliphatic rings. The topological polar surface area (TPSA) is 46.5 Å². The fourth-order valence-corrected chi connectivity index (χ4v) is 1.75. The van der Waals surface area contributed by atoms with Gasteiger partial charge in [0.2, 0.25) is 0 Å². The Morgan fingerprint density at radius 2 is 1.94 bits per heavy atom. The second kappa shape index (κ2) is 5.67. The minimum Gasteiger partial charge on any atom is -0.455 e. The van der Waals surface area contributed by atoms with Crippen LogP contribution in [0.15, 0.2) is 42.5 Å². The number of para-hydroxylation sites is 1. The Morgan fingerprint density at radius 1 is 1.17 bits per heavy atom. The number of benzene rings is 2. The number of carbonyl (C=O) groups is 1. The van der Waals surface area contributed by atoms with Gasteiger partial charge in [0.15, 0.2) is 0 Å². The van der Waals surface area contributed by atoms with E-state index in [9.17, 15) is 9.90 Å². The van der Waals surface area contributed by atoms with Gasteiger partial charge in [0, 0.05) is 11.1 Å². The van der Waals surface area contributed by atoms with Crippen LogP contribution in [-0.2, 0) is 6.61 Å². The van der Waals surface area contributed by atoms with Crippen molar-refractivity contribution in [3.05, 3.63) is 58.6 Å². The number of halogens is 1. The van der Waals surface area contributed by atoms with Gasteiger partial charge in [-0.05, 0) is 24.3 Å². The zero-order chi connectivity index (χ0) is 13.0. The third kappa shape index (κ3) is 2.70. The molecule has 2 aromatic carbocycles. The molecule has 0 aromatic heterocycles. The van der Waals surface area contributed by atoms with Crippen LogP contribution >= 0.6 is 11.6 Å². The number of aldehydes is 1. The second-order valence-electron chi connectivity index (χ2n) is 3.68. The van der Waals surface area contributed by atoms with Gasteiger partial charge in [-0.1, -0.05) is 29.8 Å². The van der Waals surface area contributed by atoms with Gasteiger partial charge in [-0.25, -0.2) is 0 Å². The fraction of sp³-hybridized carbons (Fsp3) is 0.0714. The van der Waals surface area contributed by atoms with Gasteiger partial charge in [-0.15, -0.1) is 0 Å². The average molecular weight is 263 g/mol. The molecule has 0 aliphatic heterocycles. The molecule has 2 aromatic rings. The highest BCUT2D eigenvalue weighted by atomic mass is 35.5. The van der Waals surface area contributed by atoms with Crippen LogP contribution in [0.5, 0.6) is 11.5 Å². The SMILES string of the molecule is O=Cc1ccc(Oc2ccccc2CO)c(Cl)c1. The van der Waals surface area contributed by atoms with Crippen LogP contribution in [0.25, 0.3) is 0 Å². The van der Waals surface area contributed by atoms with Crippen molar-refractivity contribution >= 4 is 17.9 Å². The van der Waals surface area contributed by atoms with E-state index in [1.807, 2.05) is 12.1 Å². The Bertz CT molecular complexity index is 567. The van der Waals surface area contributed by atoms with Gasteiger partial charge in [-0.2, -0.15) is 0 Å². The molecule has 0 unspecified atom stereocenters. The van der Waals surface area contributed by atoms with E-state index in [-0.39, 0.29) is 6.61 Å². The lowest BCUT2D eigenvalue weighted by molar-refractivity contribution is 0.112. The molecule has 1 N–H and O–H groups in total. The number of ether oxygens (including phenoxy) is 1. The van der Waals surface area contributed by atoms with Gasteiger partial charge in [0.1, 0.15) is 17.8 Å². The Morgan fingerprint density at radius 3 is 2.61 bits per heavy atom. The number of aliphatic hydroxyl groups excluding tert-OH is 1. The summed E-state index contributed by atoms with van der Waals surface area (Å²) in [4.78, 5) is 10.6. The number of carbonyl (C=O) groups excluding carboxylic acids is 1. The largest absolute Gasteiger partial charge is 0.455 e. The van der Waals surface area contributed by atoms with Crippen molar-refractivity contribution < 1.29 is 14.6 Å². The Labute approximate surface area is 110 Å². The smallest absolute Gasteiger partial charge is 0.150 e. The zero-order valence-corrected chi connectivity index (χ0v) is 10.2. The summed E-state index contributed by atoms with van der Waals surface area (Å²) >= 11 is 6.01. The highest BCUT2D eigenvalue weighted by Crippen LogP contribution is 2.31. The molecule has 0 spiro atoms. The highest BCUT2D eigenvalue weighted by Gasteiger charge is 2.07. The van der Waals surface area contributed by atoms with Gasteiger partial charge >= 0.3 is 0 Å². The van der Waals surface area contributed by atoms with Crippen molar-refractivity contribution in [3.8, 4) is 11.5 Å². The highest BCUT2D eigenvalue weighted by molar-refractivity contribution is 6.32. The van der Waals surface area contributed by atoms with Crippen LogP contribution < -0.4 is 4.74 Å². The summed E-state index contributed by atoms with van der Waals surface area (Å²) in [6.45, 7) is -0.111. The number of rotatable bonds is 4. The maximum absolute atomic E-state index is 10.6. The standard InChI is InChI=1S/C14H11ClO3/c15-12-7-10(8-16)5-6-14(12)18-13-4-2-1-3-11(13)9-17/h1-8,17H,9H2. The summed E-state index contributed by atoms with van der Waals surface area (Å²) in [7, 11) is 0. The van der Waals surface area contributed by atoms with Crippen molar-refractivity contribution in [1.29, 1.82) is 0 Å². The minimum absolute atomic E-state index is 0.111. The third-order valence-electron chi connectivity index (χ3n) is 2.45. The summed E-state index contributed by atoms with van der Waals surface area (Å²) < 4.78 is 5.62. The summed E-state index contributed by atoms with van der Waals surface area (Å²) in [5, 5.41) is 9.54. The predicted octanol–water partition coefficient (Wildman–Crippen LogP) is 3.44. The van der Waals surface area contributed by atoms with E-state index < -0.39 is 0 Å². The normalized spacial score (nSPS) is 10.1. The first-order chi connectivity index (χ1) is 8.74. The van der Waals surface area contributed by atoms with Gasteiger partial charge < -0.3 is 9.84 Å². The molecule has 0 saturated carbocycles. The van der Waals surface area contributed by atoms with E-state index in [2.05, 4.69) is 0 Å². The molecule has 0 amide bonds. The maximum Gasteiger partial charge on any atom is 0.150 e. The molecule has 0 aliphatic carbocycles. The van der Waals surface area contributed by atoms with Crippen LogP contribution in [0.3, 0.4) is 0 Å². The van der Waals surface area contributed by atoms with Gasteiger partial charge in [0.25, 0.3) is 0 Å². The molecule has 92 valence electrons. The molecule has 18 heavy (non-hydrogen) atoms. The minimum atomic E-state index is -0.111. The van der Waals surface area contributed by atoms with Crippen molar-refractivity contribution in [3.63, 3.8) is 0 Å². The Balaban J connectivity index is 2.31. The van der Waals surface area contributed by atoms with Crippen LogP contribution in [0.2, 0.25) is 5.02 Å². The van der Waals surface area contributed by atoms with Crippen LogP contribution in [-0.4, -0.2) is 11.4 Å². The molecule has 0 saturated heterocycles. The van der Waals surface area contributed by atoms with Crippen molar-refractivity contribution in [1.82, 2.24) is 0 Å². The van der Waals surface area contributed by atoms with Crippen molar-refractivity contribution in [2.45, 2.75) is 6.61 Å². The summed E-state index contributed by atoms with van der Waals surface area (Å²) in [6, 6.07) is 11.9. The van der Waals surface area contributed by atoms with E-state index in [0.717, 1.165) is 6.29 Å². The maximum atomic E-state index is 10.6. The molecule has 0 fully saturated rings. The lowest BCUT2D eigenvalue weighted by Crippen LogP contribution is -1.92. The van der Waals surface area contributed by atoms with Gasteiger partial charge in [-0.3, -0.25) is 4.79 Å². The van der Waals surface area contributed by atoms with Crippen molar-refractivity contribution in [2.75, 3.05) is 0 Å². The summed E-state index contributed by atoms with van der Waals surface area (Å²) in [5.41, 5.74) is 1.16. The zero-order valence-electron chi connectivity index (χ0n) is 9.47. The molecule has 2 rings (SSSR count). The van der Waals surface area contributed by atoms with E-state index in [4.69, 9.17) is 16.3 Å². The lowest BCUT2D eigenvalue weighted by atomic mass is 10.2. The molecule has 0 radical (unpaired) electrons. The van der Waals surface area contributed by atoms with Crippen molar-refractivity contribution in [2.24, 2.45) is 0 Å². The summed E-state index contributed by atoms with van der Waals surface area (Å²) in [5.74, 6) is 0.990. The average Bonchev–Trinajstić information content (AvgIpc) is 2.41. The number of hydrogen-bond acceptors (Lipinski definition) is 3. The van der Waals surface area contributed by atoms with E-state index in [0.29, 0.717) is 27.6 Å². The van der Waals surface area contributed by atoms with E-state index >= 15 is 0 Å². The van der Waals surface area contributed by atoms with Gasteiger partial charge in [0.05, 0.1) is 11.6 Å². The molecular formula is C14H11ClO3.